The van der Waals surface area contributed by atoms with Gasteiger partial charge in [-0.25, -0.2) is 9.79 Å². The molecule has 2 aromatic rings. The van der Waals surface area contributed by atoms with Crippen LogP contribution in [0.2, 0.25) is 0 Å². The first-order valence-electron chi connectivity index (χ1n) is 10.4. The van der Waals surface area contributed by atoms with Crippen LogP contribution >= 0.6 is 0 Å². The molecule has 4 N–H and O–H groups in total. The van der Waals surface area contributed by atoms with Crippen LogP contribution in [-0.2, 0) is 6.18 Å². The molecule has 0 spiro atoms. The van der Waals surface area contributed by atoms with E-state index in [-0.39, 0.29) is 11.9 Å². The van der Waals surface area contributed by atoms with E-state index in [2.05, 4.69) is 25.4 Å². The number of anilines is 3. The molecular formula is C23H21F3N6O. The van der Waals surface area contributed by atoms with Gasteiger partial charge in [0.25, 0.3) is 0 Å². The number of fused-ring (bicyclic) bond motifs is 1. The molecule has 2 heterocycles. The van der Waals surface area contributed by atoms with Crippen molar-refractivity contribution < 1.29 is 18.0 Å². The molecule has 5 rings (SSSR count). The number of halogens is 3. The molecule has 33 heavy (non-hydrogen) atoms. The van der Waals surface area contributed by atoms with E-state index in [1.54, 1.807) is 18.3 Å². The first-order chi connectivity index (χ1) is 15.8. The summed E-state index contributed by atoms with van der Waals surface area (Å²) >= 11 is 0. The number of hydrogen-bond acceptors (Lipinski definition) is 5. The first-order valence-corrected chi connectivity index (χ1v) is 10.4. The van der Waals surface area contributed by atoms with Gasteiger partial charge >= 0.3 is 12.2 Å². The van der Waals surface area contributed by atoms with Gasteiger partial charge in [-0.1, -0.05) is 0 Å². The molecule has 0 aromatic heterocycles. The highest BCUT2D eigenvalue weighted by Gasteiger charge is 2.44. The van der Waals surface area contributed by atoms with Crippen molar-refractivity contribution in [1.82, 2.24) is 4.90 Å². The van der Waals surface area contributed by atoms with Crippen molar-refractivity contribution in [1.29, 1.82) is 0 Å². The van der Waals surface area contributed by atoms with Crippen molar-refractivity contribution in [3.05, 3.63) is 78.4 Å². The van der Waals surface area contributed by atoms with Gasteiger partial charge in [0.15, 0.2) is 0 Å². The molecule has 1 saturated carbocycles. The minimum atomic E-state index is -4.42. The number of hydrogen-bond donors (Lipinski definition) is 3. The fourth-order valence-electron chi connectivity index (χ4n) is 4.00. The van der Waals surface area contributed by atoms with E-state index in [9.17, 15) is 18.0 Å². The summed E-state index contributed by atoms with van der Waals surface area (Å²) < 4.78 is 38.0. The third kappa shape index (κ3) is 4.23. The summed E-state index contributed by atoms with van der Waals surface area (Å²) in [5.41, 5.74) is 7.92. The van der Waals surface area contributed by atoms with Gasteiger partial charge in [-0.15, -0.1) is 0 Å². The number of nitrogens with zero attached hydrogens (tertiary/aromatic N) is 3. The van der Waals surface area contributed by atoms with Gasteiger partial charge in [-0.3, -0.25) is 0 Å². The molecule has 170 valence electrons. The van der Waals surface area contributed by atoms with Crippen molar-refractivity contribution in [2.45, 2.75) is 25.2 Å². The number of nitrogens with two attached hydrogens (primary N) is 1. The van der Waals surface area contributed by atoms with E-state index < -0.39 is 17.8 Å². The van der Waals surface area contributed by atoms with Crippen molar-refractivity contribution >= 4 is 28.9 Å². The number of rotatable bonds is 4. The molecule has 2 aliphatic heterocycles. The van der Waals surface area contributed by atoms with Gasteiger partial charge < -0.3 is 26.2 Å². The average Bonchev–Trinajstić information content (AvgIpc) is 3.54. The van der Waals surface area contributed by atoms with Gasteiger partial charge in [-0.2, -0.15) is 13.2 Å². The van der Waals surface area contributed by atoms with E-state index in [4.69, 9.17) is 5.73 Å². The number of urea groups is 1. The maximum absolute atomic E-state index is 12.7. The van der Waals surface area contributed by atoms with Crippen LogP contribution in [0, 0.1) is 5.92 Å². The Balaban J connectivity index is 1.26. The number of nitrogens with one attached hydrogen (secondary N) is 2. The SMILES string of the molecule is NC1=NC=CN2C1=CN(c1ccc(NC(=O)Nc3ccc(C(F)(F)F)cc3)cc1)C2C1CC1. The van der Waals surface area contributed by atoms with Crippen molar-refractivity contribution in [3.63, 3.8) is 0 Å². The van der Waals surface area contributed by atoms with Gasteiger partial charge in [0.2, 0.25) is 0 Å². The Labute approximate surface area is 188 Å². The van der Waals surface area contributed by atoms with Gasteiger partial charge in [0, 0.05) is 35.7 Å². The van der Waals surface area contributed by atoms with Crippen molar-refractivity contribution in [3.8, 4) is 0 Å². The molecule has 1 unspecified atom stereocenters. The molecule has 1 atom stereocenters. The third-order valence-corrected chi connectivity index (χ3v) is 5.75. The molecule has 0 bridgehead atoms. The minimum absolute atomic E-state index is 0.132. The van der Waals surface area contributed by atoms with Crippen LogP contribution in [0.15, 0.2) is 77.8 Å². The van der Waals surface area contributed by atoms with Gasteiger partial charge in [0.05, 0.1) is 5.56 Å². The number of carbonyl (C=O) groups excluding carboxylic acids is 1. The molecule has 1 fully saturated rings. The molecule has 1 aliphatic carbocycles. The Kier molecular flexibility index (Phi) is 4.99. The first kappa shape index (κ1) is 20.9. The van der Waals surface area contributed by atoms with E-state index >= 15 is 0 Å². The van der Waals surface area contributed by atoms with E-state index in [1.807, 2.05) is 24.5 Å². The molecule has 0 radical (unpaired) electrons. The summed E-state index contributed by atoms with van der Waals surface area (Å²) in [4.78, 5) is 20.7. The monoisotopic (exact) mass is 454 g/mol. The van der Waals surface area contributed by atoms with Crippen LogP contribution in [0.3, 0.4) is 0 Å². The van der Waals surface area contributed by atoms with E-state index in [1.165, 1.54) is 12.1 Å². The van der Waals surface area contributed by atoms with E-state index in [0.29, 0.717) is 17.4 Å². The number of benzene rings is 2. The topological polar surface area (TPSA) is 86.0 Å². The third-order valence-electron chi connectivity index (χ3n) is 5.75. The maximum Gasteiger partial charge on any atom is 0.416 e. The Hall–Kier alpha value is -3.95. The Bertz CT molecular complexity index is 1150. The molecule has 2 aromatic carbocycles. The maximum atomic E-state index is 12.7. The molecule has 7 nitrogen and oxygen atoms in total. The summed E-state index contributed by atoms with van der Waals surface area (Å²) in [7, 11) is 0. The van der Waals surface area contributed by atoms with Crippen LogP contribution in [0.25, 0.3) is 0 Å². The second kappa shape index (κ2) is 7.88. The highest BCUT2D eigenvalue weighted by atomic mass is 19.4. The van der Waals surface area contributed by atoms with Gasteiger partial charge in [0.1, 0.15) is 17.7 Å². The quantitative estimate of drug-likeness (QED) is 0.614. The van der Waals surface area contributed by atoms with Crippen molar-refractivity contribution in [2.75, 3.05) is 15.5 Å². The Morgan fingerprint density at radius 1 is 0.970 bits per heavy atom. The Morgan fingerprint density at radius 3 is 2.15 bits per heavy atom. The Morgan fingerprint density at radius 2 is 1.58 bits per heavy atom. The summed E-state index contributed by atoms with van der Waals surface area (Å²) in [5, 5.41) is 5.22. The zero-order valence-electron chi connectivity index (χ0n) is 17.4. The lowest BCUT2D eigenvalue weighted by Gasteiger charge is -2.32. The minimum Gasteiger partial charge on any atom is -0.382 e. The number of alkyl halides is 3. The lowest BCUT2D eigenvalue weighted by Crippen LogP contribution is -2.41. The van der Waals surface area contributed by atoms with Crippen LogP contribution in [0.4, 0.5) is 35.0 Å². The standard InChI is InChI=1S/C23H21F3N6O/c24-23(25,26)15-3-5-16(6-4-15)29-22(33)30-17-7-9-18(10-8-17)32-13-19-20(27)28-11-12-31(19)21(32)14-1-2-14/h3-14,21H,1-2H2,(H2,27,28)(H2,29,30,33). The van der Waals surface area contributed by atoms with Crippen LogP contribution in [-0.4, -0.2) is 22.9 Å². The van der Waals surface area contributed by atoms with Gasteiger partial charge in [-0.05, 0) is 67.3 Å². The number of amidine groups is 1. The second-order valence-corrected chi connectivity index (χ2v) is 8.09. The number of aliphatic imine (C=N–C) groups is 1. The lowest BCUT2D eigenvalue weighted by atomic mass is 10.2. The average molecular weight is 454 g/mol. The van der Waals surface area contributed by atoms with Crippen LogP contribution < -0.4 is 21.3 Å². The zero-order chi connectivity index (χ0) is 23.2. The summed E-state index contributed by atoms with van der Waals surface area (Å²) in [6.07, 6.45) is 3.63. The fraction of sp³-hybridized carbons (Fsp3) is 0.217. The molecule has 0 saturated heterocycles. The normalized spacial score (nSPS) is 19.7. The summed E-state index contributed by atoms with van der Waals surface area (Å²) in [6, 6.07) is 11.1. The smallest absolute Gasteiger partial charge is 0.382 e. The molecule has 3 aliphatic rings. The largest absolute Gasteiger partial charge is 0.416 e. The van der Waals surface area contributed by atoms with Crippen molar-refractivity contribution in [2.24, 2.45) is 16.6 Å². The fourth-order valence-corrected chi connectivity index (χ4v) is 4.00. The second-order valence-electron chi connectivity index (χ2n) is 8.09. The molecular weight excluding hydrogens is 433 g/mol. The number of amides is 2. The van der Waals surface area contributed by atoms with Crippen LogP contribution in [0.5, 0.6) is 0 Å². The van der Waals surface area contributed by atoms with Crippen LogP contribution in [0.1, 0.15) is 18.4 Å². The predicted molar refractivity (Wildman–Crippen MR) is 120 cm³/mol. The highest BCUT2D eigenvalue weighted by molar-refractivity contribution is 6.00. The highest BCUT2D eigenvalue weighted by Crippen LogP contribution is 2.44. The lowest BCUT2D eigenvalue weighted by molar-refractivity contribution is -0.137. The summed E-state index contributed by atoms with van der Waals surface area (Å²) in [5.74, 6) is 1.01. The summed E-state index contributed by atoms with van der Waals surface area (Å²) in [6.45, 7) is 0. The predicted octanol–water partition coefficient (Wildman–Crippen LogP) is 4.89. The molecule has 2 amide bonds. The van der Waals surface area contributed by atoms with E-state index in [0.717, 1.165) is 36.4 Å². The zero-order valence-corrected chi connectivity index (χ0v) is 17.4. The number of carbonyl (C=O) groups is 1. The molecule has 10 heteroatoms.